The summed E-state index contributed by atoms with van der Waals surface area (Å²) in [5.41, 5.74) is 8.60. The third-order valence-corrected chi connectivity index (χ3v) is 4.70. The van der Waals surface area contributed by atoms with E-state index in [9.17, 15) is 0 Å². The largest absolute Gasteiger partial charge is 0.487 e. The number of halogens is 1. The van der Waals surface area contributed by atoms with Crippen LogP contribution in [-0.2, 0) is 12.0 Å². The van der Waals surface area contributed by atoms with Gasteiger partial charge in [0.05, 0.1) is 5.02 Å². The van der Waals surface area contributed by atoms with E-state index in [1.807, 2.05) is 42.5 Å². The van der Waals surface area contributed by atoms with Crippen molar-refractivity contribution in [3.05, 3.63) is 64.7 Å². The fourth-order valence-electron chi connectivity index (χ4n) is 2.80. The zero-order valence-corrected chi connectivity index (χ0v) is 12.9. The van der Waals surface area contributed by atoms with E-state index >= 15 is 0 Å². The summed E-state index contributed by atoms with van der Waals surface area (Å²) >= 11 is 6.37. The standard InChI is InChI=1S/C18H20ClNO/c1-13(20)18(9-10-18)15-7-8-17(16(19)11-15)21-12-14-5-3-2-4-6-14/h2-8,11,13H,9-10,12,20H2,1H3. The zero-order valence-electron chi connectivity index (χ0n) is 12.2. The average Bonchev–Trinajstić information content (AvgIpc) is 3.29. The SMILES string of the molecule is CC(N)C1(c2ccc(OCc3ccccc3)c(Cl)c2)CC1. The van der Waals surface area contributed by atoms with Crippen molar-refractivity contribution in [1.29, 1.82) is 0 Å². The number of rotatable bonds is 5. The quantitative estimate of drug-likeness (QED) is 0.893. The van der Waals surface area contributed by atoms with E-state index in [0.29, 0.717) is 11.6 Å². The molecule has 1 unspecified atom stereocenters. The van der Waals surface area contributed by atoms with Crippen LogP contribution in [0, 0.1) is 0 Å². The summed E-state index contributed by atoms with van der Waals surface area (Å²) in [4.78, 5) is 0. The fraction of sp³-hybridized carbons (Fsp3) is 0.333. The molecule has 1 aliphatic rings. The molecule has 0 radical (unpaired) electrons. The van der Waals surface area contributed by atoms with Crippen LogP contribution in [0.15, 0.2) is 48.5 Å². The molecule has 1 saturated carbocycles. The second-order valence-corrected chi connectivity index (χ2v) is 6.27. The van der Waals surface area contributed by atoms with Gasteiger partial charge in [0.1, 0.15) is 12.4 Å². The predicted octanol–water partition coefficient (Wildman–Crippen LogP) is 4.30. The third-order valence-electron chi connectivity index (χ3n) is 4.40. The molecule has 3 rings (SSSR count). The first-order valence-corrected chi connectivity index (χ1v) is 7.72. The van der Waals surface area contributed by atoms with E-state index in [1.165, 1.54) is 5.56 Å². The molecule has 0 heterocycles. The average molecular weight is 302 g/mol. The maximum Gasteiger partial charge on any atom is 0.138 e. The van der Waals surface area contributed by atoms with E-state index in [0.717, 1.165) is 24.2 Å². The Morgan fingerprint density at radius 2 is 1.90 bits per heavy atom. The molecule has 0 amide bonds. The van der Waals surface area contributed by atoms with E-state index in [1.54, 1.807) is 0 Å². The molecule has 0 bridgehead atoms. The molecule has 0 aliphatic heterocycles. The highest BCUT2D eigenvalue weighted by atomic mass is 35.5. The summed E-state index contributed by atoms with van der Waals surface area (Å²) in [6.45, 7) is 2.60. The van der Waals surface area contributed by atoms with Crippen LogP contribution in [0.2, 0.25) is 5.02 Å². The van der Waals surface area contributed by atoms with Gasteiger partial charge >= 0.3 is 0 Å². The normalized spacial score (nSPS) is 17.3. The Kier molecular flexibility index (Phi) is 3.92. The molecule has 1 aliphatic carbocycles. The highest BCUT2D eigenvalue weighted by Crippen LogP contribution is 2.51. The molecule has 110 valence electrons. The van der Waals surface area contributed by atoms with Crippen LogP contribution < -0.4 is 10.5 Å². The Morgan fingerprint density at radius 3 is 2.48 bits per heavy atom. The zero-order chi connectivity index (χ0) is 14.9. The number of benzene rings is 2. The highest BCUT2D eigenvalue weighted by molar-refractivity contribution is 6.32. The maximum absolute atomic E-state index is 6.37. The van der Waals surface area contributed by atoms with E-state index in [-0.39, 0.29) is 11.5 Å². The van der Waals surface area contributed by atoms with Gasteiger partial charge in [0.2, 0.25) is 0 Å². The Labute approximate surface area is 130 Å². The first-order chi connectivity index (χ1) is 10.1. The Bertz CT molecular complexity index is 620. The summed E-state index contributed by atoms with van der Waals surface area (Å²) in [6.07, 6.45) is 2.29. The Balaban J connectivity index is 1.73. The lowest BCUT2D eigenvalue weighted by Crippen LogP contribution is -2.31. The summed E-state index contributed by atoms with van der Waals surface area (Å²) in [5, 5.41) is 0.662. The highest BCUT2D eigenvalue weighted by Gasteiger charge is 2.47. The van der Waals surface area contributed by atoms with Crippen LogP contribution in [-0.4, -0.2) is 6.04 Å². The second-order valence-electron chi connectivity index (χ2n) is 5.86. The molecule has 0 spiro atoms. The van der Waals surface area contributed by atoms with Gasteiger partial charge in [0.15, 0.2) is 0 Å². The van der Waals surface area contributed by atoms with Gasteiger partial charge in [-0.15, -0.1) is 0 Å². The topological polar surface area (TPSA) is 35.2 Å². The number of hydrogen-bond acceptors (Lipinski definition) is 2. The molecule has 21 heavy (non-hydrogen) atoms. The van der Waals surface area contributed by atoms with Crippen LogP contribution in [0.5, 0.6) is 5.75 Å². The Hall–Kier alpha value is -1.51. The third kappa shape index (κ3) is 2.92. The van der Waals surface area contributed by atoms with Crippen LogP contribution in [0.4, 0.5) is 0 Å². The summed E-state index contributed by atoms with van der Waals surface area (Å²) < 4.78 is 5.81. The van der Waals surface area contributed by atoms with Crippen molar-refractivity contribution < 1.29 is 4.74 Å². The van der Waals surface area contributed by atoms with Crippen LogP contribution in [0.3, 0.4) is 0 Å². The molecule has 2 aromatic rings. The van der Waals surface area contributed by atoms with Gasteiger partial charge in [-0.25, -0.2) is 0 Å². The van der Waals surface area contributed by atoms with Crippen molar-refractivity contribution >= 4 is 11.6 Å². The van der Waals surface area contributed by atoms with Crippen molar-refractivity contribution in [2.45, 2.75) is 37.8 Å². The van der Waals surface area contributed by atoms with Gasteiger partial charge in [-0.2, -0.15) is 0 Å². The predicted molar refractivity (Wildman–Crippen MR) is 86.8 cm³/mol. The monoisotopic (exact) mass is 301 g/mol. The Morgan fingerprint density at radius 1 is 1.19 bits per heavy atom. The second kappa shape index (κ2) is 5.70. The molecule has 0 saturated heterocycles. The lowest BCUT2D eigenvalue weighted by atomic mass is 9.89. The van der Waals surface area contributed by atoms with Crippen molar-refractivity contribution in [1.82, 2.24) is 0 Å². The molecular formula is C18H20ClNO. The molecular weight excluding hydrogens is 282 g/mol. The smallest absolute Gasteiger partial charge is 0.138 e. The van der Waals surface area contributed by atoms with E-state index in [2.05, 4.69) is 13.0 Å². The van der Waals surface area contributed by atoms with Gasteiger partial charge in [-0.05, 0) is 43.0 Å². The summed E-state index contributed by atoms with van der Waals surface area (Å²) in [5.74, 6) is 0.727. The van der Waals surface area contributed by atoms with Crippen molar-refractivity contribution in [2.24, 2.45) is 5.73 Å². The molecule has 1 atom stereocenters. The van der Waals surface area contributed by atoms with Crippen LogP contribution in [0.25, 0.3) is 0 Å². The lowest BCUT2D eigenvalue weighted by molar-refractivity contribution is 0.306. The van der Waals surface area contributed by atoms with Gasteiger partial charge in [0.25, 0.3) is 0 Å². The molecule has 2 aromatic carbocycles. The van der Waals surface area contributed by atoms with Crippen molar-refractivity contribution in [3.63, 3.8) is 0 Å². The van der Waals surface area contributed by atoms with E-state index < -0.39 is 0 Å². The van der Waals surface area contributed by atoms with Crippen LogP contribution in [0.1, 0.15) is 30.9 Å². The maximum atomic E-state index is 6.37. The summed E-state index contributed by atoms with van der Waals surface area (Å²) in [6, 6.07) is 16.3. The number of nitrogens with two attached hydrogens (primary N) is 1. The minimum absolute atomic E-state index is 0.127. The minimum Gasteiger partial charge on any atom is -0.487 e. The van der Waals surface area contributed by atoms with Gasteiger partial charge in [-0.3, -0.25) is 0 Å². The lowest BCUT2D eigenvalue weighted by Gasteiger charge is -2.21. The molecule has 2 nitrogen and oxygen atoms in total. The van der Waals surface area contributed by atoms with Crippen molar-refractivity contribution in [2.75, 3.05) is 0 Å². The molecule has 0 aromatic heterocycles. The van der Waals surface area contributed by atoms with Gasteiger partial charge in [-0.1, -0.05) is 48.0 Å². The number of hydrogen-bond donors (Lipinski definition) is 1. The van der Waals surface area contributed by atoms with Crippen molar-refractivity contribution in [3.8, 4) is 5.75 Å². The molecule has 2 N–H and O–H groups in total. The van der Waals surface area contributed by atoms with Gasteiger partial charge < -0.3 is 10.5 Å². The molecule has 1 fully saturated rings. The first kappa shape index (κ1) is 14.4. The number of ether oxygens (including phenoxy) is 1. The summed E-state index contributed by atoms with van der Waals surface area (Å²) in [7, 11) is 0. The first-order valence-electron chi connectivity index (χ1n) is 7.34. The molecule has 3 heteroatoms. The fourth-order valence-corrected chi connectivity index (χ4v) is 3.04. The van der Waals surface area contributed by atoms with E-state index in [4.69, 9.17) is 22.1 Å². The van der Waals surface area contributed by atoms with Gasteiger partial charge in [0, 0.05) is 11.5 Å². The van der Waals surface area contributed by atoms with Crippen LogP contribution >= 0.6 is 11.6 Å². The minimum atomic E-state index is 0.127.